The van der Waals surface area contributed by atoms with Crippen molar-refractivity contribution >= 4 is 18.0 Å². The van der Waals surface area contributed by atoms with Gasteiger partial charge in [0.2, 0.25) is 5.91 Å². The summed E-state index contributed by atoms with van der Waals surface area (Å²) < 4.78 is 10.1. The zero-order valence-electron chi connectivity index (χ0n) is 9.61. The van der Waals surface area contributed by atoms with Crippen LogP contribution in [0, 0.1) is 0 Å². The molecule has 1 N–H and O–H groups in total. The molecule has 0 radical (unpaired) electrons. The molecule has 1 amide bonds. The molecule has 0 aromatic carbocycles. The SMILES string of the molecule is O=C(O)C1CN(C(=O)/C=C/c2ccco2)CCO1. The number of rotatable bonds is 3. The Morgan fingerprint density at radius 1 is 1.50 bits per heavy atom. The normalized spacial score (nSPS) is 20.2. The zero-order chi connectivity index (χ0) is 13.0. The second kappa shape index (κ2) is 5.50. The van der Waals surface area contributed by atoms with Gasteiger partial charge in [-0.3, -0.25) is 4.79 Å². The molecule has 1 saturated heterocycles. The van der Waals surface area contributed by atoms with Crippen LogP contribution < -0.4 is 0 Å². The lowest BCUT2D eigenvalue weighted by Crippen LogP contribution is -2.48. The number of carbonyl (C=O) groups excluding carboxylic acids is 1. The van der Waals surface area contributed by atoms with Crippen molar-refractivity contribution in [3.05, 3.63) is 30.2 Å². The first kappa shape index (κ1) is 12.4. The van der Waals surface area contributed by atoms with E-state index in [-0.39, 0.29) is 19.1 Å². The van der Waals surface area contributed by atoms with Crippen LogP contribution in [-0.2, 0) is 14.3 Å². The Balaban J connectivity index is 1.94. The Bertz CT molecular complexity index is 451. The number of hydrogen-bond donors (Lipinski definition) is 1. The van der Waals surface area contributed by atoms with Crippen molar-refractivity contribution in [1.82, 2.24) is 4.90 Å². The molecule has 1 unspecified atom stereocenters. The first-order valence-electron chi connectivity index (χ1n) is 5.52. The van der Waals surface area contributed by atoms with E-state index < -0.39 is 12.1 Å². The van der Waals surface area contributed by atoms with Crippen LogP contribution in [0.2, 0.25) is 0 Å². The summed E-state index contributed by atoms with van der Waals surface area (Å²) in [6, 6.07) is 3.45. The van der Waals surface area contributed by atoms with E-state index in [1.807, 2.05) is 0 Å². The Hall–Kier alpha value is -2.08. The first-order valence-corrected chi connectivity index (χ1v) is 5.52. The van der Waals surface area contributed by atoms with E-state index in [2.05, 4.69) is 0 Å². The molecule has 0 saturated carbocycles. The number of carboxylic acids is 1. The molecule has 0 bridgehead atoms. The smallest absolute Gasteiger partial charge is 0.334 e. The molecular formula is C12H13NO5. The lowest BCUT2D eigenvalue weighted by Gasteiger charge is -2.29. The van der Waals surface area contributed by atoms with Crippen LogP contribution in [0.3, 0.4) is 0 Å². The van der Waals surface area contributed by atoms with Crippen molar-refractivity contribution in [2.75, 3.05) is 19.7 Å². The molecule has 1 aliphatic rings. The summed E-state index contributed by atoms with van der Waals surface area (Å²) in [5.41, 5.74) is 0. The van der Waals surface area contributed by atoms with Crippen LogP contribution in [0.15, 0.2) is 28.9 Å². The van der Waals surface area contributed by atoms with E-state index in [1.54, 1.807) is 18.2 Å². The predicted octanol–water partition coefficient (Wildman–Crippen LogP) is 0.605. The van der Waals surface area contributed by atoms with Crippen LogP contribution in [0.1, 0.15) is 5.76 Å². The molecule has 1 aromatic rings. The van der Waals surface area contributed by atoms with Crippen molar-refractivity contribution < 1.29 is 23.8 Å². The lowest BCUT2D eigenvalue weighted by molar-refractivity contribution is -0.158. The van der Waals surface area contributed by atoms with Gasteiger partial charge in [-0.1, -0.05) is 0 Å². The molecule has 2 rings (SSSR count). The summed E-state index contributed by atoms with van der Waals surface area (Å²) in [7, 11) is 0. The van der Waals surface area contributed by atoms with Crippen LogP contribution in [0.5, 0.6) is 0 Å². The topological polar surface area (TPSA) is 80.0 Å². The summed E-state index contributed by atoms with van der Waals surface area (Å²) >= 11 is 0. The summed E-state index contributed by atoms with van der Waals surface area (Å²) in [4.78, 5) is 24.0. The number of furan rings is 1. The number of aliphatic carboxylic acids is 1. The lowest BCUT2D eigenvalue weighted by atomic mass is 10.2. The zero-order valence-corrected chi connectivity index (χ0v) is 9.61. The van der Waals surface area contributed by atoms with Crippen LogP contribution in [0.4, 0.5) is 0 Å². The number of carboxylic acid groups (broad SMARTS) is 1. The highest BCUT2D eigenvalue weighted by molar-refractivity contribution is 5.91. The van der Waals surface area contributed by atoms with Gasteiger partial charge >= 0.3 is 5.97 Å². The molecule has 96 valence electrons. The van der Waals surface area contributed by atoms with E-state index in [0.29, 0.717) is 12.3 Å². The third kappa shape index (κ3) is 2.98. The van der Waals surface area contributed by atoms with Gasteiger partial charge in [0.15, 0.2) is 6.10 Å². The average molecular weight is 251 g/mol. The molecule has 18 heavy (non-hydrogen) atoms. The van der Waals surface area contributed by atoms with Gasteiger partial charge in [0.1, 0.15) is 5.76 Å². The highest BCUT2D eigenvalue weighted by atomic mass is 16.5. The van der Waals surface area contributed by atoms with E-state index in [4.69, 9.17) is 14.3 Å². The fourth-order valence-corrected chi connectivity index (χ4v) is 1.64. The Morgan fingerprint density at radius 2 is 2.33 bits per heavy atom. The van der Waals surface area contributed by atoms with Crippen LogP contribution in [-0.4, -0.2) is 47.7 Å². The molecule has 2 heterocycles. The largest absolute Gasteiger partial charge is 0.479 e. The second-order valence-corrected chi connectivity index (χ2v) is 3.83. The fourth-order valence-electron chi connectivity index (χ4n) is 1.64. The summed E-state index contributed by atoms with van der Waals surface area (Å²) in [6.07, 6.45) is 3.48. The van der Waals surface area contributed by atoms with E-state index in [0.717, 1.165) is 0 Å². The third-order valence-electron chi connectivity index (χ3n) is 2.59. The van der Waals surface area contributed by atoms with E-state index in [1.165, 1.54) is 17.2 Å². The van der Waals surface area contributed by atoms with Crippen molar-refractivity contribution in [3.63, 3.8) is 0 Å². The van der Waals surface area contributed by atoms with Gasteiger partial charge in [-0.05, 0) is 18.2 Å². The van der Waals surface area contributed by atoms with Gasteiger partial charge < -0.3 is 19.2 Å². The van der Waals surface area contributed by atoms with Gasteiger partial charge in [0, 0.05) is 12.6 Å². The number of hydrogen-bond acceptors (Lipinski definition) is 4. The number of carbonyl (C=O) groups is 2. The number of morpholine rings is 1. The predicted molar refractivity (Wildman–Crippen MR) is 61.7 cm³/mol. The minimum Gasteiger partial charge on any atom is -0.479 e. The maximum absolute atomic E-state index is 11.8. The number of amides is 1. The summed E-state index contributed by atoms with van der Waals surface area (Å²) in [5, 5.41) is 8.82. The fraction of sp³-hybridized carbons (Fsp3) is 0.333. The molecule has 1 atom stereocenters. The second-order valence-electron chi connectivity index (χ2n) is 3.83. The minimum atomic E-state index is -1.05. The van der Waals surface area contributed by atoms with Crippen molar-refractivity contribution in [2.24, 2.45) is 0 Å². The Labute approximate surface area is 103 Å². The molecule has 1 fully saturated rings. The van der Waals surface area contributed by atoms with Crippen LogP contribution >= 0.6 is 0 Å². The van der Waals surface area contributed by atoms with Crippen molar-refractivity contribution in [2.45, 2.75) is 6.10 Å². The quantitative estimate of drug-likeness (QED) is 0.796. The summed E-state index contributed by atoms with van der Waals surface area (Å²) in [5.74, 6) is -0.727. The summed E-state index contributed by atoms with van der Waals surface area (Å²) in [6.45, 7) is 0.694. The molecule has 6 nitrogen and oxygen atoms in total. The number of nitrogens with zero attached hydrogens (tertiary/aromatic N) is 1. The molecular weight excluding hydrogens is 238 g/mol. The van der Waals surface area contributed by atoms with E-state index >= 15 is 0 Å². The third-order valence-corrected chi connectivity index (χ3v) is 2.59. The standard InChI is InChI=1S/C12H13NO5/c14-11(4-3-9-2-1-6-17-9)13-5-7-18-10(8-13)12(15)16/h1-4,6,10H,5,7-8H2,(H,15,16)/b4-3+. The molecule has 0 spiro atoms. The Morgan fingerprint density at radius 3 is 3.00 bits per heavy atom. The molecule has 1 aliphatic heterocycles. The highest BCUT2D eigenvalue weighted by Crippen LogP contribution is 2.08. The maximum Gasteiger partial charge on any atom is 0.334 e. The number of ether oxygens (including phenoxy) is 1. The van der Waals surface area contributed by atoms with Crippen LogP contribution in [0.25, 0.3) is 6.08 Å². The van der Waals surface area contributed by atoms with Gasteiger partial charge in [0.25, 0.3) is 0 Å². The maximum atomic E-state index is 11.8. The van der Waals surface area contributed by atoms with Gasteiger partial charge in [0.05, 0.1) is 19.4 Å². The Kier molecular flexibility index (Phi) is 3.78. The van der Waals surface area contributed by atoms with Crippen molar-refractivity contribution in [3.8, 4) is 0 Å². The first-order chi connectivity index (χ1) is 8.66. The highest BCUT2D eigenvalue weighted by Gasteiger charge is 2.27. The molecule has 0 aliphatic carbocycles. The van der Waals surface area contributed by atoms with Gasteiger partial charge in [-0.2, -0.15) is 0 Å². The van der Waals surface area contributed by atoms with Crippen molar-refractivity contribution in [1.29, 1.82) is 0 Å². The molecule has 6 heteroatoms. The monoisotopic (exact) mass is 251 g/mol. The molecule has 1 aromatic heterocycles. The van der Waals surface area contributed by atoms with E-state index in [9.17, 15) is 9.59 Å². The van der Waals surface area contributed by atoms with Gasteiger partial charge in [-0.15, -0.1) is 0 Å². The average Bonchev–Trinajstić information content (AvgIpc) is 2.89. The minimum absolute atomic E-state index is 0.0661. The van der Waals surface area contributed by atoms with Gasteiger partial charge in [-0.25, -0.2) is 4.79 Å².